The van der Waals surface area contributed by atoms with Gasteiger partial charge < -0.3 is 11.1 Å². The number of nitrogen functional groups attached to an aromatic ring is 1. The van der Waals surface area contributed by atoms with Crippen molar-refractivity contribution in [2.45, 2.75) is 6.92 Å². The fourth-order valence-electron chi connectivity index (χ4n) is 1.59. The third-order valence-corrected chi connectivity index (χ3v) is 2.39. The van der Waals surface area contributed by atoms with Crippen LogP contribution in [0.5, 0.6) is 0 Å². The number of hydrogen-bond donors (Lipinski definition) is 2. The molecule has 0 aliphatic heterocycles. The Morgan fingerprint density at radius 3 is 2.29 bits per heavy atom. The molecule has 6 heteroatoms. The van der Waals surface area contributed by atoms with E-state index < -0.39 is 11.6 Å². The normalized spacial score (nSPS) is 10.6. The number of anilines is 3. The van der Waals surface area contributed by atoms with E-state index in [1.807, 2.05) is 0 Å². The second-order valence-electron chi connectivity index (χ2n) is 3.75. The standard InChI is InChI=1S/C11H12F2N4/c1-6-10(14)11(17(2)16-6)15-9-4-7(12)3-8(13)5-9/h3-5,15H,14H2,1-2H3. The predicted octanol–water partition coefficient (Wildman–Crippen LogP) is 2.33. The molecular weight excluding hydrogens is 226 g/mol. The van der Waals surface area contributed by atoms with Crippen LogP contribution in [-0.4, -0.2) is 9.78 Å². The minimum absolute atomic E-state index is 0.289. The summed E-state index contributed by atoms with van der Waals surface area (Å²) in [6.07, 6.45) is 0. The lowest BCUT2D eigenvalue weighted by Gasteiger charge is -2.08. The maximum atomic E-state index is 13.0. The first kappa shape index (κ1) is 11.4. The quantitative estimate of drug-likeness (QED) is 0.844. The van der Waals surface area contributed by atoms with E-state index in [0.29, 0.717) is 17.2 Å². The minimum atomic E-state index is -0.648. The molecule has 0 aliphatic rings. The second kappa shape index (κ2) is 4.04. The largest absolute Gasteiger partial charge is 0.394 e. The van der Waals surface area contributed by atoms with E-state index in [9.17, 15) is 8.78 Å². The Kier molecular flexibility index (Phi) is 2.71. The summed E-state index contributed by atoms with van der Waals surface area (Å²) in [5.74, 6) is -0.789. The molecular formula is C11H12F2N4. The van der Waals surface area contributed by atoms with Crippen LogP contribution in [-0.2, 0) is 7.05 Å². The van der Waals surface area contributed by atoms with Gasteiger partial charge in [-0.2, -0.15) is 5.10 Å². The minimum Gasteiger partial charge on any atom is -0.394 e. The number of hydrogen-bond acceptors (Lipinski definition) is 3. The zero-order chi connectivity index (χ0) is 12.6. The summed E-state index contributed by atoms with van der Waals surface area (Å²) in [5, 5.41) is 6.93. The highest BCUT2D eigenvalue weighted by molar-refractivity contribution is 5.71. The van der Waals surface area contributed by atoms with E-state index in [0.717, 1.165) is 6.07 Å². The number of aromatic nitrogens is 2. The van der Waals surface area contributed by atoms with Crippen molar-refractivity contribution < 1.29 is 8.78 Å². The first-order chi connectivity index (χ1) is 7.97. The number of nitrogens with two attached hydrogens (primary N) is 1. The third kappa shape index (κ3) is 2.20. The SMILES string of the molecule is Cc1nn(C)c(Nc2cc(F)cc(F)c2)c1N. The van der Waals surface area contributed by atoms with Crippen molar-refractivity contribution in [3.8, 4) is 0 Å². The van der Waals surface area contributed by atoms with Gasteiger partial charge in [-0.25, -0.2) is 8.78 Å². The molecule has 0 aliphatic carbocycles. The molecule has 0 unspecified atom stereocenters. The molecule has 0 amide bonds. The number of rotatable bonds is 2. The highest BCUT2D eigenvalue weighted by Gasteiger charge is 2.10. The van der Waals surface area contributed by atoms with Crippen LogP contribution in [0.15, 0.2) is 18.2 Å². The van der Waals surface area contributed by atoms with E-state index in [-0.39, 0.29) is 5.69 Å². The van der Waals surface area contributed by atoms with Crippen molar-refractivity contribution in [3.63, 3.8) is 0 Å². The van der Waals surface area contributed by atoms with Crippen molar-refractivity contribution in [2.75, 3.05) is 11.1 Å². The molecule has 0 atom stereocenters. The van der Waals surface area contributed by atoms with Crippen LogP contribution in [0.4, 0.5) is 26.0 Å². The molecule has 4 nitrogen and oxygen atoms in total. The Morgan fingerprint density at radius 2 is 1.82 bits per heavy atom. The van der Waals surface area contributed by atoms with Gasteiger partial charge in [-0.15, -0.1) is 0 Å². The smallest absolute Gasteiger partial charge is 0.152 e. The van der Waals surface area contributed by atoms with Crippen LogP contribution in [0.2, 0.25) is 0 Å². The first-order valence-corrected chi connectivity index (χ1v) is 4.99. The van der Waals surface area contributed by atoms with Crippen LogP contribution < -0.4 is 11.1 Å². The summed E-state index contributed by atoms with van der Waals surface area (Å²) in [7, 11) is 1.70. The fraction of sp³-hybridized carbons (Fsp3) is 0.182. The van der Waals surface area contributed by atoms with Crippen molar-refractivity contribution in [2.24, 2.45) is 7.05 Å². The lowest BCUT2D eigenvalue weighted by molar-refractivity contribution is 0.584. The van der Waals surface area contributed by atoms with Crippen molar-refractivity contribution >= 4 is 17.2 Å². The molecule has 1 aromatic carbocycles. The Bertz CT molecular complexity index is 543. The third-order valence-electron chi connectivity index (χ3n) is 2.39. The van der Waals surface area contributed by atoms with Gasteiger partial charge in [0.2, 0.25) is 0 Å². The molecule has 3 N–H and O–H groups in total. The maximum absolute atomic E-state index is 13.0. The van der Waals surface area contributed by atoms with Gasteiger partial charge >= 0.3 is 0 Å². The maximum Gasteiger partial charge on any atom is 0.152 e. The molecule has 17 heavy (non-hydrogen) atoms. The Balaban J connectivity index is 2.37. The summed E-state index contributed by atoms with van der Waals surface area (Å²) in [6, 6.07) is 3.18. The molecule has 2 rings (SSSR count). The predicted molar refractivity (Wildman–Crippen MR) is 62.0 cm³/mol. The topological polar surface area (TPSA) is 55.9 Å². The zero-order valence-electron chi connectivity index (χ0n) is 9.46. The second-order valence-corrected chi connectivity index (χ2v) is 3.75. The molecule has 2 aromatic rings. The van der Waals surface area contributed by atoms with Crippen LogP contribution in [0.1, 0.15) is 5.69 Å². The van der Waals surface area contributed by atoms with E-state index in [4.69, 9.17) is 5.73 Å². The molecule has 1 heterocycles. The van der Waals surface area contributed by atoms with Gasteiger partial charge in [-0.1, -0.05) is 0 Å². The molecule has 0 fully saturated rings. The molecule has 90 valence electrons. The summed E-state index contributed by atoms with van der Waals surface area (Å²) in [4.78, 5) is 0. The van der Waals surface area contributed by atoms with E-state index >= 15 is 0 Å². The van der Waals surface area contributed by atoms with Crippen molar-refractivity contribution in [1.29, 1.82) is 0 Å². The summed E-state index contributed by atoms with van der Waals surface area (Å²) in [5.41, 5.74) is 7.20. The number of halogens is 2. The average Bonchev–Trinajstić information content (AvgIpc) is 2.44. The van der Waals surface area contributed by atoms with Gasteiger partial charge in [0, 0.05) is 18.8 Å². The van der Waals surface area contributed by atoms with E-state index in [1.165, 1.54) is 16.8 Å². The number of aryl methyl sites for hydroxylation is 2. The Morgan fingerprint density at radius 1 is 1.24 bits per heavy atom. The number of nitrogens with one attached hydrogen (secondary N) is 1. The summed E-state index contributed by atoms with van der Waals surface area (Å²) in [6.45, 7) is 1.76. The van der Waals surface area contributed by atoms with Crippen LogP contribution in [0.3, 0.4) is 0 Å². The summed E-state index contributed by atoms with van der Waals surface area (Å²) >= 11 is 0. The molecule has 0 spiro atoms. The lowest BCUT2D eigenvalue weighted by Crippen LogP contribution is -2.02. The van der Waals surface area contributed by atoms with Crippen LogP contribution >= 0.6 is 0 Å². The first-order valence-electron chi connectivity index (χ1n) is 4.99. The van der Waals surface area contributed by atoms with Gasteiger partial charge in [-0.3, -0.25) is 4.68 Å². The summed E-state index contributed by atoms with van der Waals surface area (Å²) < 4.78 is 27.5. The van der Waals surface area contributed by atoms with Gasteiger partial charge in [0.05, 0.1) is 11.4 Å². The van der Waals surface area contributed by atoms with Crippen molar-refractivity contribution in [3.05, 3.63) is 35.5 Å². The van der Waals surface area contributed by atoms with Gasteiger partial charge in [0.15, 0.2) is 5.82 Å². The van der Waals surface area contributed by atoms with Crippen molar-refractivity contribution in [1.82, 2.24) is 9.78 Å². The lowest BCUT2D eigenvalue weighted by atomic mass is 10.3. The van der Waals surface area contributed by atoms with Crippen LogP contribution in [0, 0.1) is 18.6 Å². The van der Waals surface area contributed by atoms with Crippen LogP contribution in [0.25, 0.3) is 0 Å². The molecule has 1 aromatic heterocycles. The average molecular weight is 238 g/mol. The molecule has 0 bridgehead atoms. The molecule has 0 saturated heterocycles. The van der Waals surface area contributed by atoms with Gasteiger partial charge in [-0.05, 0) is 19.1 Å². The number of nitrogens with zero attached hydrogens (tertiary/aromatic N) is 2. The molecule has 0 saturated carbocycles. The van der Waals surface area contributed by atoms with Gasteiger partial charge in [0.25, 0.3) is 0 Å². The monoisotopic (exact) mass is 238 g/mol. The number of benzene rings is 1. The van der Waals surface area contributed by atoms with E-state index in [1.54, 1.807) is 14.0 Å². The fourth-order valence-corrected chi connectivity index (χ4v) is 1.59. The highest BCUT2D eigenvalue weighted by Crippen LogP contribution is 2.25. The highest BCUT2D eigenvalue weighted by atomic mass is 19.1. The van der Waals surface area contributed by atoms with E-state index in [2.05, 4.69) is 10.4 Å². The molecule has 0 radical (unpaired) electrons. The zero-order valence-corrected chi connectivity index (χ0v) is 9.46. The Hall–Kier alpha value is -2.11. The van der Waals surface area contributed by atoms with Gasteiger partial charge in [0.1, 0.15) is 11.6 Å². The Labute approximate surface area is 97.0 Å².